The van der Waals surface area contributed by atoms with Crippen molar-refractivity contribution < 1.29 is 18.0 Å². The first-order valence-corrected chi connectivity index (χ1v) is 6.06. The fourth-order valence-electron chi connectivity index (χ4n) is 1.49. The van der Waals surface area contributed by atoms with Crippen molar-refractivity contribution in [1.29, 1.82) is 0 Å². The van der Waals surface area contributed by atoms with Crippen LogP contribution < -0.4 is 5.32 Å². The lowest BCUT2D eigenvalue weighted by Gasteiger charge is -2.04. The maximum absolute atomic E-state index is 11.9. The molecule has 19 heavy (non-hydrogen) atoms. The van der Waals surface area contributed by atoms with E-state index >= 15 is 0 Å². The standard InChI is InChI=1S/C14H16F3NO/c1-2-3-4-11-5-7-12(8-6-11)18-13(19)9-10-14(15,16)17/h5-10H,2-4H2,1H3,(H,18,19). The Morgan fingerprint density at radius 2 is 1.89 bits per heavy atom. The van der Waals surface area contributed by atoms with Crippen LogP contribution in [0.15, 0.2) is 36.4 Å². The molecule has 2 nitrogen and oxygen atoms in total. The fourth-order valence-corrected chi connectivity index (χ4v) is 1.49. The van der Waals surface area contributed by atoms with E-state index in [9.17, 15) is 18.0 Å². The van der Waals surface area contributed by atoms with E-state index in [0.717, 1.165) is 24.8 Å². The molecule has 0 aromatic heterocycles. The Labute approximate surface area is 110 Å². The number of alkyl halides is 3. The predicted molar refractivity (Wildman–Crippen MR) is 68.9 cm³/mol. The number of halogens is 3. The summed E-state index contributed by atoms with van der Waals surface area (Å²) in [5.41, 5.74) is 1.63. The number of nitrogens with one attached hydrogen (secondary N) is 1. The van der Waals surface area contributed by atoms with Crippen molar-refractivity contribution >= 4 is 11.6 Å². The Morgan fingerprint density at radius 3 is 2.42 bits per heavy atom. The Morgan fingerprint density at radius 1 is 1.26 bits per heavy atom. The molecule has 1 amide bonds. The largest absolute Gasteiger partial charge is 0.409 e. The van der Waals surface area contributed by atoms with Crippen molar-refractivity contribution in [3.05, 3.63) is 42.0 Å². The first-order chi connectivity index (χ1) is 8.90. The Bertz CT molecular complexity index is 435. The maximum Gasteiger partial charge on any atom is 0.409 e. The average Bonchev–Trinajstić information content (AvgIpc) is 2.35. The lowest BCUT2D eigenvalue weighted by molar-refractivity contribution is -0.112. The van der Waals surface area contributed by atoms with Crippen LogP contribution in [0.3, 0.4) is 0 Å². The molecule has 0 radical (unpaired) electrons. The summed E-state index contributed by atoms with van der Waals surface area (Å²) in [7, 11) is 0. The third kappa shape index (κ3) is 6.64. The molecular formula is C14H16F3NO. The van der Waals surface area contributed by atoms with E-state index in [1.165, 1.54) is 0 Å². The summed E-state index contributed by atoms with van der Waals surface area (Å²) in [6, 6.07) is 7.09. The summed E-state index contributed by atoms with van der Waals surface area (Å²) < 4.78 is 35.6. The van der Waals surface area contributed by atoms with Crippen LogP contribution in [0.5, 0.6) is 0 Å². The maximum atomic E-state index is 11.9. The third-order valence-electron chi connectivity index (χ3n) is 2.46. The normalized spacial score (nSPS) is 11.8. The van der Waals surface area contributed by atoms with E-state index in [4.69, 9.17) is 0 Å². The smallest absolute Gasteiger partial charge is 0.323 e. The molecule has 0 aliphatic rings. The number of allylic oxidation sites excluding steroid dienone is 1. The predicted octanol–water partition coefficient (Wildman–Crippen LogP) is 4.09. The molecule has 1 rings (SSSR count). The average molecular weight is 271 g/mol. The summed E-state index contributed by atoms with van der Waals surface area (Å²) in [6.45, 7) is 2.10. The number of carbonyl (C=O) groups excluding carboxylic acids is 1. The Balaban J connectivity index is 2.53. The molecule has 1 N–H and O–H groups in total. The molecular weight excluding hydrogens is 255 g/mol. The highest BCUT2D eigenvalue weighted by Gasteiger charge is 2.22. The topological polar surface area (TPSA) is 29.1 Å². The highest BCUT2D eigenvalue weighted by Crippen LogP contribution is 2.16. The minimum Gasteiger partial charge on any atom is -0.323 e. The monoisotopic (exact) mass is 271 g/mol. The number of anilines is 1. The third-order valence-corrected chi connectivity index (χ3v) is 2.46. The molecule has 0 aliphatic heterocycles. The summed E-state index contributed by atoms with van der Waals surface area (Å²) in [5, 5.41) is 2.37. The van der Waals surface area contributed by atoms with Crippen molar-refractivity contribution in [3.8, 4) is 0 Å². The molecule has 5 heteroatoms. The van der Waals surface area contributed by atoms with Crippen LogP contribution in [0.2, 0.25) is 0 Å². The first kappa shape index (κ1) is 15.3. The van der Waals surface area contributed by atoms with Gasteiger partial charge in [0.25, 0.3) is 0 Å². The minimum absolute atomic E-state index is 0.0854. The molecule has 0 aliphatic carbocycles. The van der Waals surface area contributed by atoms with E-state index in [2.05, 4.69) is 12.2 Å². The van der Waals surface area contributed by atoms with Gasteiger partial charge in [-0.15, -0.1) is 0 Å². The molecule has 0 unspecified atom stereocenters. The summed E-state index contributed by atoms with van der Waals surface area (Å²) >= 11 is 0. The molecule has 0 saturated heterocycles. The summed E-state index contributed by atoms with van der Waals surface area (Å²) in [4.78, 5) is 11.2. The molecule has 0 saturated carbocycles. The number of unbranched alkanes of at least 4 members (excludes halogenated alkanes) is 1. The zero-order valence-electron chi connectivity index (χ0n) is 10.6. The van der Waals surface area contributed by atoms with E-state index in [0.29, 0.717) is 11.8 Å². The van der Waals surface area contributed by atoms with Gasteiger partial charge in [-0.1, -0.05) is 25.5 Å². The highest BCUT2D eigenvalue weighted by atomic mass is 19.4. The molecule has 0 spiro atoms. The van der Waals surface area contributed by atoms with Crippen molar-refractivity contribution in [2.24, 2.45) is 0 Å². The van der Waals surface area contributed by atoms with Gasteiger partial charge in [0.05, 0.1) is 0 Å². The van der Waals surface area contributed by atoms with E-state index in [-0.39, 0.29) is 6.08 Å². The molecule has 0 atom stereocenters. The van der Waals surface area contributed by atoms with Crippen LogP contribution in [0, 0.1) is 0 Å². The first-order valence-electron chi connectivity index (χ1n) is 6.06. The zero-order valence-corrected chi connectivity index (χ0v) is 10.6. The quantitative estimate of drug-likeness (QED) is 0.803. The van der Waals surface area contributed by atoms with Crippen LogP contribution in [-0.4, -0.2) is 12.1 Å². The van der Waals surface area contributed by atoms with E-state index in [1.807, 2.05) is 12.1 Å². The second-order valence-electron chi connectivity index (χ2n) is 4.16. The van der Waals surface area contributed by atoms with E-state index < -0.39 is 12.1 Å². The number of carbonyl (C=O) groups is 1. The van der Waals surface area contributed by atoms with Gasteiger partial charge >= 0.3 is 6.18 Å². The number of rotatable bonds is 5. The van der Waals surface area contributed by atoms with Gasteiger partial charge in [-0.25, -0.2) is 0 Å². The molecule has 1 aromatic carbocycles. The fraction of sp³-hybridized carbons (Fsp3) is 0.357. The second-order valence-corrected chi connectivity index (χ2v) is 4.16. The van der Waals surface area contributed by atoms with Crippen LogP contribution in [-0.2, 0) is 11.2 Å². The Kier molecular flexibility index (Phi) is 5.60. The number of hydrogen-bond donors (Lipinski definition) is 1. The molecule has 0 bridgehead atoms. The van der Waals surface area contributed by atoms with Crippen molar-refractivity contribution in [1.82, 2.24) is 0 Å². The van der Waals surface area contributed by atoms with Gasteiger partial charge in [0.15, 0.2) is 0 Å². The van der Waals surface area contributed by atoms with Gasteiger partial charge in [-0.2, -0.15) is 13.2 Å². The SMILES string of the molecule is CCCCc1ccc(NC(=O)C=CC(F)(F)F)cc1. The zero-order chi connectivity index (χ0) is 14.3. The van der Waals surface area contributed by atoms with Crippen molar-refractivity contribution in [3.63, 3.8) is 0 Å². The van der Waals surface area contributed by atoms with Crippen molar-refractivity contribution in [2.75, 3.05) is 5.32 Å². The van der Waals surface area contributed by atoms with Gasteiger partial charge in [0.1, 0.15) is 0 Å². The van der Waals surface area contributed by atoms with Gasteiger partial charge in [0, 0.05) is 17.8 Å². The lowest BCUT2D eigenvalue weighted by Crippen LogP contribution is -2.10. The summed E-state index contributed by atoms with van der Waals surface area (Å²) in [6.07, 6.45) is -0.941. The second kappa shape index (κ2) is 6.97. The van der Waals surface area contributed by atoms with Gasteiger partial charge < -0.3 is 5.32 Å². The number of aryl methyl sites for hydroxylation is 1. The lowest BCUT2D eigenvalue weighted by atomic mass is 10.1. The minimum atomic E-state index is -4.47. The van der Waals surface area contributed by atoms with Gasteiger partial charge in [-0.3, -0.25) is 4.79 Å². The molecule has 0 heterocycles. The van der Waals surface area contributed by atoms with Crippen molar-refractivity contribution in [2.45, 2.75) is 32.4 Å². The summed E-state index contributed by atoms with van der Waals surface area (Å²) in [5.74, 6) is -0.793. The van der Waals surface area contributed by atoms with Crippen LogP contribution >= 0.6 is 0 Å². The molecule has 104 valence electrons. The van der Waals surface area contributed by atoms with Crippen LogP contribution in [0.1, 0.15) is 25.3 Å². The molecule has 0 fully saturated rings. The number of benzene rings is 1. The highest BCUT2D eigenvalue weighted by molar-refractivity contribution is 5.99. The Hall–Kier alpha value is -1.78. The number of amides is 1. The van der Waals surface area contributed by atoms with Crippen LogP contribution in [0.4, 0.5) is 18.9 Å². The van der Waals surface area contributed by atoms with E-state index in [1.54, 1.807) is 12.1 Å². The number of hydrogen-bond acceptors (Lipinski definition) is 1. The van der Waals surface area contributed by atoms with Gasteiger partial charge in [0.2, 0.25) is 5.91 Å². The van der Waals surface area contributed by atoms with Gasteiger partial charge in [-0.05, 0) is 30.5 Å². The molecule has 1 aromatic rings. The van der Waals surface area contributed by atoms with Crippen LogP contribution in [0.25, 0.3) is 0 Å².